The molecule has 5 nitrogen and oxygen atoms in total. The van der Waals surface area contributed by atoms with Gasteiger partial charge < -0.3 is 14.0 Å². The first-order valence-electron chi connectivity index (χ1n) is 5.18. The largest absolute Gasteiger partial charge is 0.477 e. The molecule has 5 heteroatoms. The molecular formula is C12H13NO4. The molecule has 2 aromatic heterocycles. The van der Waals surface area contributed by atoms with Crippen LogP contribution >= 0.6 is 0 Å². The summed E-state index contributed by atoms with van der Waals surface area (Å²) >= 11 is 0. The van der Waals surface area contributed by atoms with Crippen LogP contribution in [0.5, 0.6) is 0 Å². The highest BCUT2D eigenvalue weighted by Gasteiger charge is 2.32. The first-order valence-corrected chi connectivity index (χ1v) is 5.18. The maximum absolute atomic E-state index is 11.3. The molecule has 2 heterocycles. The first-order chi connectivity index (χ1) is 7.91. The van der Waals surface area contributed by atoms with Crippen molar-refractivity contribution in [2.75, 3.05) is 0 Å². The molecule has 0 aliphatic carbocycles. The summed E-state index contributed by atoms with van der Waals surface area (Å²) < 4.78 is 10.3. The third-order valence-corrected chi connectivity index (χ3v) is 2.34. The van der Waals surface area contributed by atoms with Gasteiger partial charge >= 0.3 is 5.97 Å². The number of hydrogen-bond donors (Lipinski definition) is 1. The second-order valence-electron chi connectivity index (χ2n) is 4.77. The maximum atomic E-state index is 11.3. The van der Waals surface area contributed by atoms with Crippen molar-refractivity contribution in [3.05, 3.63) is 29.7 Å². The molecule has 1 N–H and O–H groups in total. The van der Waals surface area contributed by atoms with Gasteiger partial charge in [-0.05, 0) is 12.1 Å². The molecule has 0 radical (unpaired) electrons. The Balaban J connectivity index is 2.64. The summed E-state index contributed by atoms with van der Waals surface area (Å²) in [6, 6.07) is 3.32. The van der Waals surface area contributed by atoms with Gasteiger partial charge in [0.2, 0.25) is 0 Å². The van der Waals surface area contributed by atoms with Crippen LogP contribution in [0.3, 0.4) is 0 Å². The van der Waals surface area contributed by atoms with Crippen molar-refractivity contribution in [2.45, 2.75) is 26.2 Å². The highest BCUT2D eigenvalue weighted by molar-refractivity contribution is 5.95. The zero-order chi connectivity index (χ0) is 12.6. The van der Waals surface area contributed by atoms with E-state index >= 15 is 0 Å². The Kier molecular flexibility index (Phi) is 2.53. The van der Waals surface area contributed by atoms with Crippen LogP contribution in [0.2, 0.25) is 0 Å². The van der Waals surface area contributed by atoms with Crippen molar-refractivity contribution in [2.24, 2.45) is 0 Å². The molecule has 0 aromatic carbocycles. The van der Waals surface area contributed by atoms with Crippen molar-refractivity contribution in [3.63, 3.8) is 0 Å². The molecule has 0 aliphatic heterocycles. The number of carboxylic acid groups (broad SMARTS) is 1. The highest BCUT2D eigenvalue weighted by atomic mass is 16.5. The second kappa shape index (κ2) is 3.76. The van der Waals surface area contributed by atoms with Gasteiger partial charge in [0, 0.05) is 5.41 Å². The van der Waals surface area contributed by atoms with Crippen molar-refractivity contribution in [3.8, 4) is 11.5 Å². The molecule has 0 amide bonds. The summed E-state index contributed by atoms with van der Waals surface area (Å²) in [6.45, 7) is 5.60. The molecule has 0 atom stereocenters. The number of carbonyl (C=O) groups is 1. The van der Waals surface area contributed by atoms with E-state index in [1.165, 1.54) is 6.26 Å². The molecular weight excluding hydrogens is 222 g/mol. The van der Waals surface area contributed by atoms with E-state index in [1.54, 1.807) is 12.1 Å². The number of rotatable bonds is 2. The van der Waals surface area contributed by atoms with Crippen molar-refractivity contribution < 1.29 is 18.8 Å². The Morgan fingerprint density at radius 3 is 2.59 bits per heavy atom. The van der Waals surface area contributed by atoms with Gasteiger partial charge in [-0.3, -0.25) is 0 Å². The van der Waals surface area contributed by atoms with E-state index in [0.717, 1.165) is 0 Å². The molecule has 17 heavy (non-hydrogen) atoms. The number of aromatic carboxylic acids is 1. The van der Waals surface area contributed by atoms with Gasteiger partial charge in [0.25, 0.3) is 0 Å². The molecule has 0 spiro atoms. The fourth-order valence-corrected chi connectivity index (χ4v) is 1.58. The number of aromatic nitrogens is 1. The zero-order valence-electron chi connectivity index (χ0n) is 9.85. The van der Waals surface area contributed by atoms with E-state index in [1.807, 2.05) is 20.8 Å². The van der Waals surface area contributed by atoms with Gasteiger partial charge in [-0.15, -0.1) is 0 Å². The van der Waals surface area contributed by atoms with Crippen molar-refractivity contribution >= 4 is 5.97 Å². The lowest BCUT2D eigenvalue weighted by atomic mass is 9.89. The lowest BCUT2D eigenvalue weighted by Gasteiger charge is -2.14. The maximum Gasteiger partial charge on any atom is 0.341 e. The van der Waals surface area contributed by atoms with Crippen molar-refractivity contribution in [1.29, 1.82) is 0 Å². The molecule has 0 saturated heterocycles. The molecule has 0 aliphatic rings. The Morgan fingerprint density at radius 2 is 2.12 bits per heavy atom. The van der Waals surface area contributed by atoms with Crippen LogP contribution in [-0.2, 0) is 5.41 Å². The Bertz CT molecular complexity index is 531. The van der Waals surface area contributed by atoms with E-state index < -0.39 is 11.4 Å². The van der Waals surface area contributed by atoms with E-state index in [4.69, 9.17) is 8.94 Å². The quantitative estimate of drug-likeness (QED) is 0.865. The first kappa shape index (κ1) is 11.4. The molecule has 0 saturated carbocycles. The summed E-state index contributed by atoms with van der Waals surface area (Å²) in [4.78, 5) is 11.3. The summed E-state index contributed by atoms with van der Waals surface area (Å²) in [6.07, 6.45) is 1.46. The van der Waals surface area contributed by atoms with Gasteiger partial charge in [0.1, 0.15) is 5.56 Å². The topological polar surface area (TPSA) is 76.5 Å². The lowest BCUT2D eigenvalue weighted by Crippen LogP contribution is -2.15. The minimum Gasteiger partial charge on any atom is -0.477 e. The monoisotopic (exact) mass is 235 g/mol. The number of nitrogens with zero attached hydrogens (tertiary/aromatic N) is 1. The molecule has 0 bridgehead atoms. The average Bonchev–Trinajstić information content (AvgIpc) is 2.84. The van der Waals surface area contributed by atoms with E-state index in [9.17, 15) is 9.90 Å². The number of carboxylic acids is 1. The van der Waals surface area contributed by atoms with Crippen LogP contribution in [-0.4, -0.2) is 16.2 Å². The number of furan rings is 1. The smallest absolute Gasteiger partial charge is 0.341 e. The Hall–Kier alpha value is -2.04. The fraction of sp³-hybridized carbons (Fsp3) is 0.333. The zero-order valence-corrected chi connectivity index (χ0v) is 9.85. The minimum atomic E-state index is -1.07. The van der Waals surface area contributed by atoms with Gasteiger partial charge in [0.15, 0.2) is 17.2 Å². The molecule has 2 aromatic rings. The van der Waals surface area contributed by atoms with Crippen LogP contribution in [0.25, 0.3) is 11.5 Å². The molecule has 2 rings (SSSR count). The van der Waals surface area contributed by atoms with Gasteiger partial charge in [-0.25, -0.2) is 4.79 Å². The van der Waals surface area contributed by atoms with Gasteiger partial charge in [-0.2, -0.15) is 0 Å². The second-order valence-corrected chi connectivity index (χ2v) is 4.77. The summed E-state index contributed by atoms with van der Waals surface area (Å²) in [5.41, 5.74) is -0.133. The summed E-state index contributed by atoms with van der Waals surface area (Å²) in [5, 5.41) is 13.1. The standard InChI is InChI=1S/C12H13NO4/c1-12(2,3)10-8(11(14)15)9(13-17-10)7-5-4-6-16-7/h4-6H,1-3H3,(H,14,15). The fourth-order valence-electron chi connectivity index (χ4n) is 1.58. The molecule has 90 valence electrons. The van der Waals surface area contributed by atoms with E-state index in [-0.39, 0.29) is 11.3 Å². The highest BCUT2D eigenvalue weighted by Crippen LogP contribution is 2.33. The van der Waals surface area contributed by atoms with Crippen LogP contribution in [0.15, 0.2) is 27.3 Å². The lowest BCUT2D eigenvalue weighted by molar-refractivity contribution is 0.0692. The van der Waals surface area contributed by atoms with E-state index in [2.05, 4.69) is 5.16 Å². The van der Waals surface area contributed by atoms with Crippen LogP contribution in [0.1, 0.15) is 36.9 Å². The van der Waals surface area contributed by atoms with Gasteiger partial charge in [0.05, 0.1) is 6.26 Å². The third kappa shape index (κ3) is 1.95. The summed E-state index contributed by atoms with van der Waals surface area (Å²) in [7, 11) is 0. The molecule has 0 unspecified atom stereocenters. The SMILES string of the molecule is CC(C)(C)c1onc(-c2ccco2)c1C(=O)O. The van der Waals surface area contributed by atoms with Crippen LogP contribution in [0.4, 0.5) is 0 Å². The normalized spacial score (nSPS) is 11.7. The minimum absolute atomic E-state index is 0.0625. The average molecular weight is 235 g/mol. The third-order valence-electron chi connectivity index (χ3n) is 2.34. The predicted octanol–water partition coefficient (Wildman–Crippen LogP) is 2.93. The number of hydrogen-bond acceptors (Lipinski definition) is 4. The Morgan fingerprint density at radius 1 is 1.41 bits per heavy atom. The van der Waals surface area contributed by atoms with Crippen LogP contribution in [0, 0.1) is 0 Å². The molecule has 0 fully saturated rings. The van der Waals surface area contributed by atoms with Gasteiger partial charge in [-0.1, -0.05) is 25.9 Å². The Labute approximate surface area is 98.0 Å². The van der Waals surface area contributed by atoms with Crippen LogP contribution < -0.4 is 0 Å². The summed E-state index contributed by atoms with van der Waals surface area (Å²) in [5.74, 6) is -0.333. The predicted molar refractivity (Wildman–Crippen MR) is 59.9 cm³/mol. The van der Waals surface area contributed by atoms with Crippen molar-refractivity contribution in [1.82, 2.24) is 5.16 Å². The van der Waals surface area contributed by atoms with E-state index in [0.29, 0.717) is 11.5 Å².